The summed E-state index contributed by atoms with van der Waals surface area (Å²) in [6.45, 7) is 10.6. The van der Waals surface area contributed by atoms with Gasteiger partial charge in [0.05, 0.1) is 29.3 Å². The van der Waals surface area contributed by atoms with Gasteiger partial charge in [0, 0.05) is 6.04 Å². The summed E-state index contributed by atoms with van der Waals surface area (Å²) in [4.78, 5) is 12.7. The van der Waals surface area contributed by atoms with Gasteiger partial charge in [-0.15, -0.1) is 0 Å². The summed E-state index contributed by atoms with van der Waals surface area (Å²) in [5.74, 6) is 0.305. The second-order valence-corrected chi connectivity index (χ2v) is 8.04. The van der Waals surface area contributed by atoms with Gasteiger partial charge in [0.2, 0.25) is 5.91 Å². The van der Waals surface area contributed by atoms with E-state index in [1.807, 2.05) is 48.9 Å². The van der Waals surface area contributed by atoms with Gasteiger partial charge in [-0.1, -0.05) is 63.2 Å². The Morgan fingerprint density at radius 3 is 2.30 bits per heavy atom. The summed E-state index contributed by atoms with van der Waals surface area (Å²) in [7, 11) is 0. The number of para-hydroxylation sites is 1. The molecule has 0 radical (unpaired) electrons. The summed E-state index contributed by atoms with van der Waals surface area (Å²) in [6.07, 6.45) is 1.03. The van der Waals surface area contributed by atoms with Gasteiger partial charge < -0.3 is 10.6 Å². The molecule has 3 aromatic rings. The van der Waals surface area contributed by atoms with Crippen molar-refractivity contribution >= 4 is 11.6 Å². The van der Waals surface area contributed by atoms with Crippen LogP contribution in [0.5, 0.6) is 0 Å². The van der Waals surface area contributed by atoms with Gasteiger partial charge in [-0.3, -0.25) is 4.79 Å². The number of aryl methyl sites for hydroxylation is 2. The minimum Gasteiger partial charge on any atom is -0.322 e. The van der Waals surface area contributed by atoms with Crippen LogP contribution in [0.4, 0.5) is 5.69 Å². The molecule has 0 unspecified atom stereocenters. The van der Waals surface area contributed by atoms with E-state index in [0.29, 0.717) is 5.92 Å². The molecule has 0 fully saturated rings. The lowest BCUT2D eigenvalue weighted by Gasteiger charge is -2.23. The van der Waals surface area contributed by atoms with Crippen molar-refractivity contribution in [3.63, 3.8) is 0 Å². The highest BCUT2D eigenvalue weighted by molar-refractivity contribution is 5.93. The summed E-state index contributed by atoms with van der Waals surface area (Å²) in [5.41, 5.74) is 6.01. The molecule has 0 aliphatic heterocycles. The highest BCUT2D eigenvalue weighted by Gasteiger charge is 2.19. The Labute approximate surface area is 179 Å². The highest BCUT2D eigenvalue weighted by Crippen LogP contribution is 2.24. The third-order valence-electron chi connectivity index (χ3n) is 5.45. The summed E-state index contributed by atoms with van der Waals surface area (Å²) in [5, 5.41) is 11.1. The molecule has 0 aliphatic carbocycles. The molecule has 0 spiro atoms. The first-order valence-corrected chi connectivity index (χ1v) is 10.6. The molecule has 1 atom stereocenters. The summed E-state index contributed by atoms with van der Waals surface area (Å²) in [6, 6.07) is 18.7. The van der Waals surface area contributed by atoms with Crippen molar-refractivity contribution in [3.8, 4) is 5.69 Å². The van der Waals surface area contributed by atoms with Crippen LogP contribution < -0.4 is 10.6 Å². The molecule has 1 heterocycles. The van der Waals surface area contributed by atoms with Crippen LogP contribution in [0.25, 0.3) is 5.69 Å². The number of hydrogen-bond acceptors (Lipinski definition) is 3. The molecule has 0 saturated carbocycles. The van der Waals surface area contributed by atoms with Crippen molar-refractivity contribution in [1.29, 1.82) is 0 Å². The van der Waals surface area contributed by atoms with E-state index in [2.05, 4.69) is 60.8 Å². The second-order valence-electron chi connectivity index (χ2n) is 8.04. The molecule has 1 amide bonds. The molecule has 0 bridgehead atoms. The lowest BCUT2D eigenvalue weighted by Crippen LogP contribution is -2.33. The largest absolute Gasteiger partial charge is 0.322 e. The number of carbonyl (C=O) groups excluding carboxylic acids is 1. The fourth-order valence-corrected chi connectivity index (χ4v) is 3.73. The molecule has 3 rings (SSSR count). The third kappa shape index (κ3) is 4.97. The van der Waals surface area contributed by atoms with Crippen molar-refractivity contribution in [2.24, 2.45) is 5.92 Å². The normalized spacial score (nSPS) is 12.2. The Balaban J connectivity index is 1.68. The topological polar surface area (TPSA) is 59.0 Å². The standard InChI is InChI=1S/C25H32N4O/c1-6-20-12-14-21(15-13-20)24(17(2)3)26-16-23(30)27-25-18(4)28-29(19(25)5)22-10-8-7-9-11-22/h7-15,17,24,26H,6,16H2,1-5H3,(H,27,30)/t24-/m1/s1. The minimum atomic E-state index is -0.0651. The van der Waals surface area contributed by atoms with Gasteiger partial charge in [0.15, 0.2) is 0 Å². The third-order valence-corrected chi connectivity index (χ3v) is 5.45. The zero-order chi connectivity index (χ0) is 21.7. The van der Waals surface area contributed by atoms with E-state index >= 15 is 0 Å². The lowest BCUT2D eigenvalue weighted by atomic mass is 9.95. The number of nitrogens with one attached hydrogen (secondary N) is 2. The summed E-state index contributed by atoms with van der Waals surface area (Å²) < 4.78 is 1.87. The van der Waals surface area contributed by atoms with Crippen LogP contribution >= 0.6 is 0 Å². The minimum absolute atomic E-state index is 0.0651. The molecular weight excluding hydrogens is 372 g/mol. The molecule has 2 aromatic carbocycles. The molecular formula is C25H32N4O. The monoisotopic (exact) mass is 404 g/mol. The SMILES string of the molecule is CCc1ccc([C@H](NCC(=O)Nc2c(C)nn(-c3ccccc3)c2C)C(C)C)cc1. The van der Waals surface area contributed by atoms with E-state index in [4.69, 9.17) is 0 Å². The van der Waals surface area contributed by atoms with E-state index < -0.39 is 0 Å². The fraction of sp³-hybridized carbons (Fsp3) is 0.360. The first-order valence-electron chi connectivity index (χ1n) is 10.6. The van der Waals surface area contributed by atoms with E-state index in [1.165, 1.54) is 11.1 Å². The molecule has 2 N–H and O–H groups in total. The van der Waals surface area contributed by atoms with Crippen molar-refractivity contribution < 1.29 is 4.79 Å². The number of benzene rings is 2. The maximum Gasteiger partial charge on any atom is 0.238 e. The van der Waals surface area contributed by atoms with Gasteiger partial charge in [0.1, 0.15) is 0 Å². The predicted octanol–water partition coefficient (Wildman–Crippen LogP) is 4.98. The predicted molar refractivity (Wildman–Crippen MR) is 123 cm³/mol. The average molecular weight is 405 g/mol. The number of anilines is 1. The second kappa shape index (κ2) is 9.72. The van der Waals surface area contributed by atoms with E-state index in [-0.39, 0.29) is 18.5 Å². The van der Waals surface area contributed by atoms with Crippen molar-refractivity contribution in [1.82, 2.24) is 15.1 Å². The van der Waals surface area contributed by atoms with E-state index in [1.54, 1.807) is 0 Å². The molecule has 1 aromatic heterocycles. The molecule has 0 aliphatic rings. The smallest absolute Gasteiger partial charge is 0.238 e. The fourth-order valence-electron chi connectivity index (χ4n) is 3.73. The van der Waals surface area contributed by atoms with Crippen LogP contribution in [-0.4, -0.2) is 22.2 Å². The Bertz CT molecular complexity index is 974. The Morgan fingerprint density at radius 2 is 1.70 bits per heavy atom. The van der Waals surface area contributed by atoms with Gasteiger partial charge in [0.25, 0.3) is 0 Å². The Kier molecular flexibility index (Phi) is 7.06. The Hall–Kier alpha value is -2.92. The van der Waals surface area contributed by atoms with Gasteiger partial charge in [-0.25, -0.2) is 4.68 Å². The van der Waals surface area contributed by atoms with E-state index in [9.17, 15) is 4.79 Å². The molecule has 0 saturated heterocycles. The van der Waals surface area contributed by atoms with Crippen LogP contribution in [0.1, 0.15) is 49.3 Å². The first kappa shape index (κ1) is 21.8. The molecule has 158 valence electrons. The molecule has 30 heavy (non-hydrogen) atoms. The number of amides is 1. The zero-order valence-corrected chi connectivity index (χ0v) is 18.6. The van der Waals surface area contributed by atoms with Crippen LogP contribution in [0.15, 0.2) is 54.6 Å². The maximum absolute atomic E-state index is 12.7. The van der Waals surface area contributed by atoms with Crippen LogP contribution in [0, 0.1) is 19.8 Å². The van der Waals surface area contributed by atoms with E-state index in [0.717, 1.165) is 29.2 Å². The number of carbonyl (C=O) groups is 1. The van der Waals surface area contributed by atoms with Crippen molar-refractivity contribution in [2.45, 2.75) is 47.1 Å². The number of aromatic nitrogens is 2. The van der Waals surface area contributed by atoms with Crippen molar-refractivity contribution in [3.05, 3.63) is 77.1 Å². The summed E-state index contributed by atoms with van der Waals surface area (Å²) >= 11 is 0. The highest BCUT2D eigenvalue weighted by atomic mass is 16.1. The van der Waals surface area contributed by atoms with Crippen LogP contribution in [0.2, 0.25) is 0 Å². The van der Waals surface area contributed by atoms with Gasteiger partial charge in [-0.05, 0) is 49.4 Å². The lowest BCUT2D eigenvalue weighted by molar-refractivity contribution is -0.115. The van der Waals surface area contributed by atoms with Gasteiger partial charge >= 0.3 is 0 Å². The zero-order valence-electron chi connectivity index (χ0n) is 18.6. The number of hydrogen-bond donors (Lipinski definition) is 2. The van der Waals surface area contributed by atoms with Crippen molar-refractivity contribution in [2.75, 3.05) is 11.9 Å². The molecule has 5 nitrogen and oxygen atoms in total. The first-order chi connectivity index (χ1) is 14.4. The van der Waals surface area contributed by atoms with Gasteiger partial charge in [-0.2, -0.15) is 5.10 Å². The average Bonchev–Trinajstić information content (AvgIpc) is 3.03. The quantitative estimate of drug-likeness (QED) is 0.557. The number of rotatable bonds is 8. The Morgan fingerprint density at radius 1 is 1.03 bits per heavy atom. The van der Waals surface area contributed by atoms with Crippen LogP contribution in [-0.2, 0) is 11.2 Å². The molecule has 5 heteroatoms. The number of nitrogens with zero attached hydrogens (tertiary/aromatic N) is 2. The maximum atomic E-state index is 12.7. The van der Waals surface area contributed by atoms with Crippen LogP contribution in [0.3, 0.4) is 0 Å².